The summed E-state index contributed by atoms with van der Waals surface area (Å²) >= 11 is 0.843. The van der Waals surface area contributed by atoms with Gasteiger partial charge in [0.15, 0.2) is 17.3 Å². The molecule has 0 aliphatic rings. The van der Waals surface area contributed by atoms with Crippen LogP contribution in [0, 0.1) is 0 Å². The lowest BCUT2D eigenvalue weighted by Gasteiger charge is -2.06. The van der Waals surface area contributed by atoms with Gasteiger partial charge in [0.25, 0.3) is 0 Å². The molecule has 0 saturated carbocycles. The van der Waals surface area contributed by atoms with Crippen LogP contribution < -0.4 is 14.2 Å². The monoisotopic (exact) mass is 429 g/mol. The number of methoxy groups -OCH3 is 3. The summed E-state index contributed by atoms with van der Waals surface area (Å²) < 4.78 is 15.6. The summed E-state index contributed by atoms with van der Waals surface area (Å²) in [6, 6.07) is 10.0. The van der Waals surface area contributed by atoms with Crippen molar-refractivity contribution >= 4 is 23.8 Å². The first kappa shape index (κ1) is 21.1. The Kier molecular flexibility index (Phi) is 6.48. The highest BCUT2D eigenvalue weighted by molar-refractivity contribution is 8.04. The van der Waals surface area contributed by atoms with Crippen molar-refractivity contribution in [3.05, 3.63) is 46.9 Å². The van der Waals surface area contributed by atoms with Gasteiger partial charge < -0.3 is 24.4 Å². The quantitative estimate of drug-likeness (QED) is 0.364. The maximum atomic E-state index is 11.7. The van der Waals surface area contributed by atoms with Gasteiger partial charge in [-0.3, -0.25) is 5.10 Å². The zero-order valence-electron chi connectivity index (χ0n) is 16.4. The topological polar surface area (TPSA) is 127 Å². The molecule has 9 nitrogen and oxygen atoms in total. The molecule has 3 aromatic rings. The first-order valence-corrected chi connectivity index (χ1v) is 9.41. The van der Waals surface area contributed by atoms with Crippen molar-refractivity contribution < 1.29 is 29.2 Å². The second-order valence-corrected chi connectivity index (χ2v) is 6.89. The van der Waals surface area contributed by atoms with Crippen LogP contribution in [0.4, 0.5) is 0 Å². The van der Waals surface area contributed by atoms with Crippen molar-refractivity contribution in [1.82, 2.24) is 15.2 Å². The smallest absolute Gasteiger partial charge is 0.342 e. The Hall–Kier alpha value is -3.66. The highest BCUT2D eigenvalue weighted by atomic mass is 32.2. The van der Waals surface area contributed by atoms with Gasteiger partial charge in [0.1, 0.15) is 16.4 Å². The molecule has 0 atom stereocenters. The number of aromatic amines is 1. The Morgan fingerprint density at radius 1 is 1.10 bits per heavy atom. The van der Waals surface area contributed by atoms with Crippen molar-refractivity contribution in [2.75, 3.05) is 21.3 Å². The van der Waals surface area contributed by atoms with E-state index in [0.29, 0.717) is 28.5 Å². The minimum absolute atomic E-state index is 0.0766. The highest BCUT2D eigenvalue weighted by Gasteiger charge is 2.17. The predicted octanol–water partition coefficient (Wildman–Crippen LogP) is 3.42. The Labute approximate surface area is 176 Å². The number of H-pyrrole nitrogens is 1. The molecule has 0 unspecified atom stereocenters. The molecule has 2 aromatic carbocycles. The van der Waals surface area contributed by atoms with Crippen LogP contribution in [0.25, 0.3) is 17.5 Å². The summed E-state index contributed by atoms with van der Waals surface area (Å²) in [6.45, 7) is 0. The van der Waals surface area contributed by atoms with Gasteiger partial charge in [0.2, 0.25) is 5.16 Å². The number of benzene rings is 2. The molecule has 30 heavy (non-hydrogen) atoms. The molecule has 156 valence electrons. The standard InChI is InChI=1S/C20H19N3O6S/c1-27-13-7-12(8-14(10-13)28-2)18-21-20(23-22-18)30-16(19(25)26)9-11-5-4-6-15(29-3)17(11)24/h4-10,24H,1-3H3,(H,25,26)(H,21,22,23)/b16-9-. The zero-order chi connectivity index (χ0) is 21.7. The molecule has 0 spiro atoms. The van der Waals surface area contributed by atoms with E-state index in [0.717, 1.165) is 11.8 Å². The van der Waals surface area contributed by atoms with Crippen LogP contribution in [0.2, 0.25) is 0 Å². The van der Waals surface area contributed by atoms with E-state index >= 15 is 0 Å². The third-order valence-electron chi connectivity index (χ3n) is 4.04. The molecule has 3 rings (SSSR count). The van der Waals surface area contributed by atoms with E-state index in [9.17, 15) is 15.0 Å². The molecule has 0 radical (unpaired) electrons. The molecular formula is C20H19N3O6S. The van der Waals surface area contributed by atoms with Crippen molar-refractivity contribution in [1.29, 1.82) is 0 Å². The van der Waals surface area contributed by atoms with Gasteiger partial charge >= 0.3 is 5.97 Å². The Morgan fingerprint density at radius 3 is 2.40 bits per heavy atom. The second kappa shape index (κ2) is 9.23. The number of aromatic hydroxyl groups is 1. The number of nitrogens with zero attached hydrogens (tertiary/aromatic N) is 2. The summed E-state index contributed by atoms with van der Waals surface area (Å²) in [5.74, 6) is 0.480. The lowest BCUT2D eigenvalue weighted by molar-refractivity contribution is -0.131. The normalized spacial score (nSPS) is 11.2. The number of nitrogens with one attached hydrogen (secondary N) is 1. The highest BCUT2D eigenvalue weighted by Crippen LogP contribution is 2.34. The lowest BCUT2D eigenvalue weighted by Crippen LogP contribution is -1.97. The van der Waals surface area contributed by atoms with Crippen molar-refractivity contribution in [2.24, 2.45) is 0 Å². The largest absolute Gasteiger partial charge is 0.504 e. The number of carbonyl (C=O) groups is 1. The summed E-state index contributed by atoms with van der Waals surface area (Å²) in [7, 11) is 4.49. The fourth-order valence-corrected chi connectivity index (χ4v) is 3.26. The first-order valence-electron chi connectivity index (χ1n) is 8.59. The van der Waals surface area contributed by atoms with Gasteiger partial charge in [-0.05, 0) is 36.0 Å². The second-order valence-electron chi connectivity index (χ2n) is 5.88. The Balaban J connectivity index is 1.90. The summed E-state index contributed by atoms with van der Waals surface area (Å²) in [6.07, 6.45) is 1.33. The van der Waals surface area contributed by atoms with E-state index in [-0.39, 0.29) is 21.6 Å². The number of aromatic nitrogens is 3. The molecule has 1 aromatic heterocycles. The third-order valence-corrected chi connectivity index (χ3v) is 4.92. The lowest BCUT2D eigenvalue weighted by atomic mass is 10.1. The van der Waals surface area contributed by atoms with Crippen LogP contribution in [0.1, 0.15) is 5.56 Å². The minimum atomic E-state index is -1.18. The first-order chi connectivity index (χ1) is 14.4. The van der Waals surface area contributed by atoms with Crippen molar-refractivity contribution in [3.63, 3.8) is 0 Å². The number of ether oxygens (including phenoxy) is 3. The van der Waals surface area contributed by atoms with Crippen molar-refractivity contribution in [3.8, 4) is 34.4 Å². The molecule has 0 amide bonds. The van der Waals surface area contributed by atoms with E-state index in [1.54, 1.807) is 36.4 Å². The summed E-state index contributed by atoms with van der Waals surface area (Å²) in [4.78, 5) is 16.0. The summed E-state index contributed by atoms with van der Waals surface area (Å²) in [5.41, 5.74) is 0.962. The van der Waals surface area contributed by atoms with Crippen LogP contribution in [-0.4, -0.2) is 52.7 Å². The molecule has 0 saturated heterocycles. The van der Waals surface area contributed by atoms with Crippen molar-refractivity contribution in [2.45, 2.75) is 5.16 Å². The molecule has 0 bridgehead atoms. The minimum Gasteiger partial charge on any atom is -0.504 e. The number of rotatable bonds is 8. The maximum Gasteiger partial charge on any atom is 0.342 e. The molecule has 10 heteroatoms. The number of carboxylic acid groups (broad SMARTS) is 1. The number of aliphatic carboxylic acids is 1. The number of para-hydroxylation sites is 1. The van der Waals surface area contributed by atoms with Crippen LogP contribution in [0.15, 0.2) is 46.5 Å². The number of hydrogen-bond acceptors (Lipinski definition) is 8. The van der Waals surface area contributed by atoms with Gasteiger partial charge in [-0.2, -0.15) is 0 Å². The molecular weight excluding hydrogens is 410 g/mol. The Bertz CT molecular complexity index is 1070. The number of phenols is 1. The SMILES string of the molecule is COc1cc(OC)cc(-c2nc(S/C(=C\c3cccc(OC)c3O)C(=O)O)n[nH]2)c1. The van der Waals surface area contributed by atoms with Crippen LogP contribution in [0.3, 0.4) is 0 Å². The van der Waals surface area contributed by atoms with Crippen LogP contribution in [0.5, 0.6) is 23.0 Å². The fourth-order valence-electron chi connectivity index (χ4n) is 2.56. The maximum absolute atomic E-state index is 11.7. The molecule has 0 fully saturated rings. The van der Waals surface area contributed by atoms with E-state index in [1.807, 2.05) is 0 Å². The average molecular weight is 429 g/mol. The molecule has 0 aliphatic carbocycles. The third kappa shape index (κ3) is 4.66. The van der Waals surface area contributed by atoms with Crippen LogP contribution >= 0.6 is 11.8 Å². The van der Waals surface area contributed by atoms with Gasteiger partial charge in [-0.15, -0.1) is 5.10 Å². The number of carboxylic acids is 1. The van der Waals surface area contributed by atoms with E-state index in [2.05, 4.69) is 15.2 Å². The number of phenolic OH excluding ortho intramolecular Hbond substituents is 1. The van der Waals surface area contributed by atoms with E-state index in [4.69, 9.17) is 14.2 Å². The van der Waals surface area contributed by atoms with E-state index < -0.39 is 5.97 Å². The van der Waals surface area contributed by atoms with Gasteiger partial charge in [0, 0.05) is 17.2 Å². The molecule has 0 aliphatic heterocycles. The van der Waals surface area contributed by atoms with Gasteiger partial charge in [-0.1, -0.05) is 12.1 Å². The summed E-state index contributed by atoms with van der Waals surface area (Å²) in [5, 5.41) is 26.8. The van der Waals surface area contributed by atoms with E-state index in [1.165, 1.54) is 27.4 Å². The predicted molar refractivity (Wildman–Crippen MR) is 111 cm³/mol. The van der Waals surface area contributed by atoms with Crippen LogP contribution in [-0.2, 0) is 4.79 Å². The number of thioether (sulfide) groups is 1. The average Bonchev–Trinajstić information content (AvgIpc) is 3.22. The number of hydrogen-bond donors (Lipinski definition) is 3. The zero-order valence-corrected chi connectivity index (χ0v) is 17.2. The molecule has 1 heterocycles. The Morgan fingerprint density at radius 2 is 1.80 bits per heavy atom. The fraction of sp³-hybridized carbons (Fsp3) is 0.150. The molecule has 3 N–H and O–H groups in total. The van der Waals surface area contributed by atoms with Gasteiger partial charge in [0.05, 0.1) is 21.3 Å². The van der Waals surface area contributed by atoms with Gasteiger partial charge in [-0.25, -0.2) is 9.78 Å².